The molecule has 2 unspecified atom stereocenters. The number of nitrogens with zero attached hydrogens (tertiary/aromatic N) is 5. The number of halogens is 1. The minimum absolute atomic E-state index is 0. The number of aryl methyl sites for hydroxylation is 1. The predicted molar refractivity (Wildman–Crippen MR) is 143 cm³/mol. The van der Waals surface area contributed by atoms with Crippen molar-refractivity contribution in [3.05, 3.63) is 53.9 Å². The van der Waals surface area contributed by atoms with E-state index >= 15 is 0 Å². The number of nitrogens with one attached hydrogen (secondary N) is 1. The topological polar surface area (TPSA) is 48.7 Å². The van der Waals surface area contributed by atoms with Crippen LogP contribution in [0.15, 0.2) is 47.7 Å². The molecule has 7 heteroatoms. The monoisotopic (exact) mass is 550 g/mol. The Hall–Kier alpha value is -1.61. The van der Waals surface area contributed by atoms with Crippen LogP contribution in [0, 0.1) is 5.92 Å². The molecule has 2 aliphatic heterocycles. The highest BCUT2D eigenvalue weighted by Crippen LogP contribution is 2.29. The summed E-state index contributed by atoms with van der Waals surface area (Å²) >= 11 is 0. The summed E-state index contributed by atoms with van der Waals surface area (Å²) in [6, 6.07) is 11.3. The van der Waals surface area contributed by atoms with Gasteiger partial charge in [-0.15, -0.1) is 24.0 Å². The zero-order valence-corrected chi connectivity index (χ0v) is 22.1. The van der Waals surface area contributed by atoms with Crippen LogP contribution in [0.25, 0.3) is 0 Å². The largest absolute Gasteiger partial charge is 0.357 e. The SMILES string of the molecule is CCNC(=NCC(c1ccccc1)N1CCC(C)CC1)N1CCC(c2cnn(C)c2)C1.I. The summed E-state index contributed by atoms with van der Waals surface area (Å²) in [5.41, 5.74) is 2.72. The standard InChI is InChI=1S/C25H38N6.HI/c1-4-26-25(31-15-12-22(19-31)23-16-28-29(3)18-23)27-17-24(21-8-6-5-7-9-21)30-13-10-20(2)11-14-30;/h5-9,16,18,20,22,24H,4,10-15,17,19H2,1-3H3,(H,26,27);1H. The van der Waals surface area contributed by atoms with Gasteiger partial charge in [0.25, 0.3) is 0 Å². The molecule has 1 N–H and O–H groups in total. The smallest absolute Gasteiger partial charge is 0.194 e. The van der Waals surface area contributed by atoms with E-state index in [-0.39, 0.29) is 24.0 Å². The first-order chi connectivity index (χ1) is 15.1. The molecule has 1 aromatic carbocycles. The zero-order valence-electron chi connectivity index (χ0n) is 19.8. The van der Waals surface area contributed by atoms with E-state index in [1.54, 1.807) is 0 Å². The molecule has 176 valence electrons. The number of guanidine groups is 1. The molecule has 1 aromatic heterocycles. The van der Waals surface area contributed by atoms with E-state index in [9.17, 15) is 0 Å². The molecule has 2 aliphatic rings. The van der Waals surface area contributed by atoms with Crippen LogP contribution in [0.4, 0.5) is 0 Å². The lowest BCUT2D eigenvalue weighted by Gasteiger charge is -2.36. The van der Waals surface area contributed by atoms with E-state index in [1.165, 1.54) is 37.1 Å². The number of hydrogen-bond acceptors (Lipinski definition) is 3. The molecule has 6 nitrogen and oxygen atoms in total. The highest BCUT2D eigenvalue weighted by atomic mass is 127. The van der Waals surface area contributed by atoms with Gasteiger partial charge >= 0.3 is 0 Å². The van der Waals surface area contributed by atoms with Crippen LogP contribution in [0.1, 0.15) is 56.2 Å². The first-order valence-electron chi connectivity index (χ1n) is 11.9. The van der Waals surface area contributed by atoms with Crippen LogP contribution < -0.4 is 5.32 Å². The Kier molecular flexibility index (Phi) is 9.40. The van der Waals surface area contributed by atoms with Gasteiger partial charge < -0.3 is 10.2 Å². The highest BCUT2D eigenvalue weighted by molar-refractivity contribution is 14.0. The molecule has 2 fully saturated rings. The maximum absolute atomic E-state index is 5.17. The Morgan fingerprint density at radius 3 is 2.56 bits per heavy atom. The summed E-state index contributed by atoms with van der Waals surface area (Å²) in [4.78, 5) is 10.2. The van der Waals surface area contributed by atoms with Crippen molar-refractivity contribution >= 4 is 29.9 Å². The Bertz CT molecular complexity index is 843. The maximum Gasteiger partial charge on any atom is 0.194 e. The van der Waals surface area contributed by atoms with Crippen LogP contribution in [-0.2, 0) is 7.05 Å². The van der Waals surface area contributed by atoms with Gasteiger partial charge in [0.15, 0.2) is 5.96 Å². The minimum atomic E-state index is 0. The van der Waals surface area contributed by atoms with E-state index in [4.69, 9.17) is 4.99 Å². The molecule has 32 heavy (non-hydrogen) atoms. The first kappa shape index (κ1) is 25.0. The van der Waals surface area contributed by atoms with E-state index in [1.807, 2.05) is 17.9 Å². The summed E-state index contributed by atoms with van der Waals surface area (Å²) in [5.74, 6) is 2.42. The Morgan fingerprint density at radius 1 is 1.16 bits per heavy atom. The van der Waals surface area contributed by atoms with Gasteiger partial charge in [-0.05, 0) is 56.3 Å². The second kappa shape index (κ2) is 12.0. The molecule has 0 aliphatic carbocycles. The molecule has 0 radical (unpaired) electrons. The first-order valence-corrected chi connectivity index (χ1v) is 11.9. The van der Waals surface area contributed by atoms with Crippen molar-refractivity contribution in [2.75, 3.05) is 39.3 Å². The quantitative estimate of drug-likeness (QED) is 0.332. The average Bonchev–Trinajstić information content (AvgIpc) is 3.44. The van der Waals surface area contributed by atoms with E-state index in [0.717, 1.165) is 44.5 Å². The van der Waals surface area contributed by atoms with Gasteiger partial charge in [-0.3, -0.25) is 14.6 Å². The summed E-state index contributed by atoms with van der Waals surface area (Å²) < 4.78 is 1.90. The number of piperidine rings is 1. The van der Waals surface area contributed by atoms with Gasteiger partial charge in [0.2, 0.25) is 0 Å². The summed E-state index contributed by atoms with van der Waals surface area (Å²) in [7, 11) is 1.99. The van der Waals surface area contributed by atoms with Gasteiger partial charge in [-0.25, -0.2) is 0 Å². The van der Waals surface area contributed by atoms with Gasteiger partial charge in [-0.1, -0.05) is 37.3 Å². The van der Waals surface area contributed by atoms with Crippen LogP contribution in [0.3, 0.4) is 0 Å². The summed E-state index contributed by atoms with van der Waals surface area (Å²) in [5, 5.41) is 7.92. The predicted octanol–water partition coefficient (Wildman–Crippen LogP) is 4.27. The Balaban J connectivity index is 0.00000289. The fourth-order valence-electron chi connectivity index (χ4n) is 4.92. The van der Waals surface area contributed by atoms with Gasteiger partial charge in [0, 0.05) is 38.8 Å². The maximum atomic E-state index is 5.17. The number of rotatable bonds is 6. The normalized spacial score (nSPS) is 21.4. The molecule has 4 rings (SSSR count). The lowest BCUT2D eigenvalue weighted by Crippen LogP contribution is -2.41. The number of likely N-dealkylation sites (tertiary alicyclic amines) is 2. The van der Waals surface area contributed by atoms with Crippen molar-refractivity contribution in [1.82, 2.24) is 24.9 Å². The zero-order chi connectivity index (χ0) is 21.6. The van der Waals surface area contributed by atoms with Crippen LogP contribution in [0.5, 0.6) is 0 Å². The number of benzene rings is 1. The number of aliphatic imine (C=N–C) groups is 1. The molecule has 0 saturated carbocycles. The van der Waals surface area contributed by atoms with E-state index < -0.39 is 0 Å². The van der Waals surface area contributed by atoms with Crippen molar-refractivity contribution in [1.29, 1.82) is 0 Å². The second-order valence-electron chi connectivity index (χ2n) is 9.22. The number of aromatic nitrogens is 2. The third-order valence-corrected chi connectivity index (χ3v) is 6.88. The van der Waals surface area contributed by atoms with Crippen molar-refractivity contribution in [3.8, 4) is 0 Å². The molecule has 3 heterocycles. The fourth-order valence-corrected chi connectivity index (χ4v) is 4.92. The molecule has 2 aromatic rings. The Morgan fingerprint density at radius 2 is 1.91 bits per heavy atom. The van der Waals surface area contributed by atoms with Gasteiger partial charge in [0.05, 0.1) is 18.8 Å². The van der Waals surface area contributed by atoms with Gasteiger partial charge in [0.1, 0.15) is 0 Å². The van der Waals surface area contributed by atoms with Crippen molar-refractivity contribution < 1.29 is 0 Å². The van der Waals surface area contributed by atoms with Crippen LogP contribution >= 0.6 is 24.0 Å². The molecule has 0 bridgehead atoms. The van der Waals surface area contributed by atoms with Crippen LogP contribution in [-0.4, -0.2) is 64.8 Å². The third kappa shape index (κ3) is 6.25. The lowest BCUT2D eigenvalue weighted by molar-refractivity contribution is 0.141. The number of hydrogen-bond donors (Lipinski definition) is 1. The van der Waals surface area contributed by atoms with Crippen molar-refractivity contribution in [2.45, 2.75) is 45.1 Å². The average molecular weight is 551 g/mol. The van der Waals surface area contributed by atoms with Crippen molar-refractivity contribution in [2.24, 2.45) is 18.0 Å². The Labute approximate surface area is 210 Å². The lowest BCUT2D eigenvalue weighted by atomic mass is 9.96. The molecular weight excluding hydrogens is 511 g/mol. The summed E-state index contributed by atoms with van der Waals surface area (Å²) in [6.07, 6.45) is 7.89. The molecule has 2 atom stereocenters. The second-order valence-corrected chi connectivity index (χ2v) is 9.22. The molecular formula is C25H39IN6. The third-order valence-electron chi connectivity index (χ3n) is 6.88. The molecule has 0 amide bonds. The summed E-state index contributed by atoms with van der Waals surface area (Å²) in [6.45, 7) is 10.6. The fraction of sp³-hybridized carbons (Fsp3) is 0.600. The van der Waals surface area contributed by atoms with Crippen LogP contribution in [0.2, 0.25) is 0 Å². The van der Waals surface area contributed by atoms with Gasteiger partial charge in [-0.2, -0.15) is 5.10 Å². The van der Waals surface area contributed by atoms with Crippen molar-refractivity contribution in [3.63, 3.8) is 0 Å². The van der Waals surface area contributed by atoms with E-state index in [2.05, 4.69) is 70.6 Å². The molecule has 2 saturated heterocycles. The molecule has 0 spiro atoms. The van der Waals surface area contributed by atoms with E-state index in [0.29, 0.717) is 12.0 Å². The minimum Gasteiger partial charge on any atom is -0.357 e. The highest BCUT2D eigenvalue weighted by Gasteiger charge is 2.28.